The van der Waals surface area contributed by atoms with Crippen molar-refractivity contribution in [2.24, 2.45) is 0 Å². The summed E-state index contributed by atoms with van der Waals surface area (Å²) in [6.07, 6.45) is 7.53. The van der Waals surface area contributed by atoms with Crippen LogP contribution in [0.15, 0.2) is 36.8 Å². The number of fused-ring (bicyclic) bond motifs is 2. The maximum absolute atomic E-state index is 12.3. The van der Waals surface area contributed by atoms with Gasteiger partial charge in [0.05, 0.1) is 24.5 Å². The zero-order chi connectivity index (χ0) is 20.7. The average molecular weight is 405 g/mol. The number of hydrogen-bond donors (Lipinski definition) is 2. The molecule has 0 unspecified atom stereocenters. The predicted molar refractivity (Wildman–Crippen MR) is 114 cm³/mol. The van der Waals surface area contributed by atoms with Crippen molar-refractivity contribution < 1.29 is 9.53 Å². The van der Waals surface area contributed by atoms with Gasteiger partial charge in [0.15, 0.2) is 5.65 Å². The second kappa shape index (κ2) is 7.42. The van der Waals surface area contributed by atoms with Crippen LogP contribution in [0.2, 0.25) is 0 Å². The Balaban J connectivity index is 1.73. The standard InChI is InChI=1S/C21H23N7O2/c1-22-18-9-17(26-20-15(21(29)23-2)10-25-28(18)20)16-11-27(13-5-4-8-30-12-13)19-14(16)6-3-7-24-19/h3,6-7,9-11,13,22H,4-5,8,12H2,1-2H3,(H,23,29)/t13-/m1/s1. The minimum Gasteiger partial charge on any atom is -0.379 e. The molecule has 4 aromatic rings. The molecule has 154 valence electrons. The van der Waals surface area contributed by atoms with Crippen molar-refractivity contribution in [1.82, 2.24) is 29.5 Å². The van der Waals surface area contributed by atoms with E-state index in [4.69, 9.17) is 9.72 Å². The Morgan fingerprint density at radius 1 is 1.30 bits per heavy atom. The van der Waals surface area contributed by atoms with Gasteiger partial charge in [-0.25, -0.2) is 9.97 Å². The van der Waals surface area contributed by atoms with Gasteiger partial charge in [0.2, 0.25) is 0 Å². The lowest BCUT2D eigenvalue weighted by Gasteiger charge is -2.24. The number of carbonyl (C=O) groups is 1. The van der Waals surface area contributed by atoms with E-state index in [0.29, 0.717) is 17.8 Å². The third-order valence-corrected chi connectivity index (χ3v) is 5.59. The number of nitrogens with zero attached hydrogens (tertiary/aromatic N) is 5. The Hall–Kier alpha value is -3.46. The van der Waals surface area contributed by atoms with E-state index in [2.05, 4.69) is 37.5 Å². The van der Waals surface area contributed by atoms with E-state index in [-0.39, 0.29) is 11.9 Å². The van der Waals surface area contributed by atoms with Crippen LogP contribution in [0.5, 0.6) is 0 Å². The third-order valence-electron chi connectivity index (χ3n) is 5.59. The quantitative estimate of drug-likeness (QED) is 0.541. The van der Waals surface area contributed by atoms with Crippen LogP contribution < -0.4 is 10.6 Å². The zero-order valence-electron chi connectivity index (χ0n) is 16.9. The van der Waals surface area contributed by atoms with Gasteiger partial charge in [-0.2, -0.15) is 9.61 Å². The molecule has 0 radical (unpaired) electrons. The summed E-state index contributed by atoms with van der Waals surface area (Å²) in [5.41, 5.74) is 3.56. The Morgan fingerprint density at radius 3 is 2.97 bits per heavy atom. The summed E-state index contributed by atoms with van der Waals surface area (Å²) in [4.78, 5) is 21.8. The third kappa shape index (κ3) is 2.89. The van der Waals surface area contributed by atoms with Crippen LogP contribution in [0.4, 0.5) is 5.82 Å². The number of aromatic nitrogens is 5. The molecule has 0 aromatic carbocycles. The molecule has 1 aliphatic rings. The normalized spacial score (nSPS) is 16.8. The summed E-state index contributed by atoms with van der Waals surface area (Å²) in [7, 11) is 3.42. The van der Waals surface area contributed by atoms with Gasteiger partial charge < -0.3 is 19.9 Å². The molecule has 2 N–H and O–H groups in total. The highest BCUT2D eigenvalue weighted by molar-refractivity contribution is 6.00. The molecule has 1 aliphatic heterocycles. The van der Waals surface area contributed by atoms with Crippen molar-refractivity contribution in [1.29, 1.82) is 0 Å². The van der Waals surface area contributed by atoms with Crippen molar-refractivity contribution in [2.75, 3.05) is 32.6 Å². The molecule has 0 spiro atoms. The molecule has 30 heavy (non-hydrogen) atoms. The minimum absolute atomic E-state index is 0.222. The first-order chi connectivity index (χ1) is 14.7. The predicted octanol–water partition coefficient (Wildman–Crippen LogP) is 2.50. The molecule has 0 bridgehead atoms. The SMILES string of the molecule is CNC(=O)c1cnn2c(NC)cc(-c3cn([C@@H]4CCCOC4)c4ncccc34)nc12. The van der Waals surface area contributed by atoms with Crippen molar-refractivity contribution in [2.45, 2.75) is 18.9 Å². The van der Waals surface area contributed by atoms with Gasteiger partial charge in [-0.05, 0) is 25.0 Å². The second-order valence-corrected chi connectivity index (χ2v) is 7.34. The number of rotatable bonds is 4. The second-order valence-electron chi connectivity index (χ2n) is 7.34. The van der Waals surface area contributed by atoms with Crippen molar-refractivity contribution >= 4 is 28.4 Å². The van der Waals surface area contributed by atoms with E-state index >= 15 is 0 Å². The van der Waals surface area contributed by atoms with Gasteiger partial charge in [-0.1, -0.05) is 0 Å². The number of carbonyl (C=O) groups excluding carboxylic acids is 1. The summed E-state index contributed by atoms with van der Waals surface area (Å²) in [5.74, 6) is 0.524. The lowest BCUT2D eigenvalue weighted by Crippen LogP contribution is -2.20. The number of nitrogens with one attached hydrogen (secondary N) is 2. The molecule has 4 aromatic heterocycles. The molecule has 9 heteroatoms. The first kappa shape index (κ1) is 18.6. The molecule has 5 heterocycles. The van der Waals surface area contributed by atoms with Crippen LogP contribution in [-0.2, 0) is 4.74 Å². The van der Waals surface area contributed by atoms with Gasteiger partial charge in [-0.3, -0.25) is 4.79 Å². The number of ether oxygens (including phenoxy) is 1. The highest BCUT2D eigenvalue weighted by Gasteiger charge is 2.23. The maximum Gasteiger partial charge on any atom is 0.256 e. The average Bonchev–Trinajstić information content (AvgIpc) is 3.40. The lowest BCUT2D eigenvalue weighted by molar-refractivity contribution is 0.0605. The molecule has 0 saturated carbocycles. The van der Waals surface area contributed by atoms with E-state index in [0.717, 1.165) is 47.6 Å². The summed E-state index contributed by atoms with van der Waals surface area (Å²) >= 11 is 0. The first-order valence-corrected chi connectivity index (χ1v) is 10.0. The van der Waals surface area contributed by atoms with Gasteiger partial charge in [0, 0.05) is 50.1 Å². The van der Waals surface area contributed by atoms with Crippen LogP contribution in [0, 0.1) is 0 Å². The fraction of sp³-hybridized carbons (Fsp3) is 0.333. The van der Waals surface area contributed by atoms with Crippen LogP contribution >= 0.6 is 0 Å². The summed E-state index contributed by atoms with van der Waals surface area (Å²) in [6.45, 7) is 1.49. The van der Waals surface area contributed by atoms with E-state index < -0.39 is 0 Å². The number of amides is 1. The van der Waals surface area contributed by atoms with Gasteiger partial charge in [0.1, 0.15) is 17.0 Å². The van der Waals surface area contributed by atoms with Crippen LogP contribution in [-0.4, -0.2) is 57.4 Å². The highest BCUT2D eigenvalue weighted by atomic mass is 16.5. The fourth-order valence-electron chi connectivity index (χ4n) is 4.08. The molecule has 1 atom stereocenters. The molecule has 1 fully saturated rings. The lowest BCUT2D eigenvalue weighted by atomic mass is 10.1. The number of anilines is 1. The topological polar surface area (TPSA) is 98.4 Å². The van der Waals surface area contributed by atoms with Crippen molar-refractivity contribution in [3.05, 3.63) is 42.4 Å². The summed E-state index contributed by atoms with van der Waals surface area (Å²) < 4.78 is 9.55. The summed E-state index contributed by atoms with van der Waals surface area (Å²) in [6, 6.07) is 6.17. The van der Waals surface area contributed by atoms with Crippen LogP contribution in [0.25, 0.3) is 27.9 Å². The zero-order valence-corrected chi connectivity index (χ0v) is 16.9. The highest BCUT2D eigenvalue weighted by Crippen LogP contribution is 2.34. The smallest absolute Gasteiger partial charge is 0.256 e. The van der Waals surface area contributed by atoms with Crippen LogP contribution in [0.3, 0.4) is 0 Å². The maximum atomic E-state index is 12.3. The van der Waals surface area contributed by atoms with Gasteiger partial charge >= 0.3 is 0 Å². The summed E-state index contributed by atoms with van der Waals surface area (Å²) in [5, 5.41) is 11.2. The molecule has 0 aliphatic carbocycles. The number of pyridine rings is 1. The Bertz CT molecular complexity index is 1240. The van der Waals surface area contributed by atoms with E-state index in [1.54, 1.807) is 11.6 Å². The molecule has 1 saturated heterocycles. The Labute approximate surface area is 173 Å². The van der Waals surface area contributed by atoms with Gasteiger partial charge in [0.25, 0.3) is 5.91 Å². The Morgan fingerprint density at radius 2 is 2.20 bits per heavy atom. The first-order valence-electron chi connectivity index (χ1n) is 10.0. The van der Waals surface area contributed by atoms with Crippen molar-refractivity contribution in [3.63, 3.8) is 0 Å². The van der Waals surface area contributed by atoms with E-state index in [1.165, 1.54) is 6.20 Å². The largest absolute Gasteiger partial charge is 0.379 e. The van der Waals surface area contributed by atoms with Gasteiger partial charge in [-0.15, -0.1) is 0 Å². The van der Waals surface area contributed by atoms with Crippen LogP contribution in [0.1, 0.15) is 29.2 Å². The monoisotopic (exact) mass is 405 g/mol. The van der Waals surface area contributed by atoms with Crippen molar-refractivity contribution in [3.8, 4) is 11.3 Å². The fourth-order valence-corrected chi connectivity index (χ4v) is 4.08. The minimum atomic E-state index is -0.222. The molecular weight excluding hydrogens is 382 g/mol. The van der Waals surface area contributed by atoms with E-state index in [9.17, 15) is 4.79 Å². The van der Waals surface area contributed by atoms with E-state index in [1.807, 2.05) is 25.4 Å². The Kier molecular flexibility index (Phi) is 4.59. The number of hydrogen-bond acceptors (Lipinski definition) is 6. The molecule has 5 rings (SSSR count). The molecular formula is C21H23N7O2. The molecule has 9 nitrogen and oxygen atoms in total. The molecule has 1 amide bonds.